The maximum atomic E-state index is 13.1. The van der Waals surface area contributed by atoms with Gasteiger partial charge in [-0.1, -0.05) is 44.2 Å². The molecule has 0 unspecified atom stereocenters. The van der Waals surface area contributed by atoms with E-state index in [0.717, 1.165) is 6.42 Å². The van der Waals surface area contributed by atoms with E-state index in [0.29, 0.717) is 47.7 Å². The zero-order valence-electron chi connectivity index (χ0n) is 18.8. The van der Waals surface area contributed by atoms with Crippen LogP contribution >= 0.6 is 0 Å². The Hall–Kier alpha value is -3.16. The van der Waals surface area contributed by atoms with Gasteiger partial charge in [-0.3, -0.25) is 4.79 Å². The molecule has 0 aromatic heterocycles. The Labute approximate surface area is 195 Å². The Bertz CT molecular complexity index is 1200. The number of hydrogen-bond acceptors (Lipinski definition) is 4. The number of ether oxygens (including phenoxy) is 1. The van der Waals surface area contributed by atoms with E-state index in [1.54, 1.807) is 28.6 Å². The molecule has 4 rings (SSSR count). The summed E-state index contributed by atoms with van der Waals surface area (Å²) >= 11 is 0. The number of para-hydroxylation sites is 3. The largest absolute Gasteiger partial charge is 0.455 e. The topological polar surface area (TPSA) is 75.7 Å². The second kappa shape index (κ2) is 9.77. The second-order valence-corrected chi connectivity index (χ2v) is 10.6. The van der Waals surface area contributed by atoms with Crippen LogP contribution in [0.3, 0.4) is 0 Å². The van der Waals surface area contributed by atoms with Crippen molar-refractivity contribution in [1.29, 1.82) is 0 Å². The standard InChI is InChI=1S/C26H28N2O4S/c1-19-16-20(2)18-28(17-19)33(30,31)23-14-12-21(13-15-23)26(29)27-24-10-6-7-11-25(24)32-22-8-4-3-5-9-22/h3-15,19-20H,16-18H2,1-2H3,(H,27,29)/t19-,20-/m0/s1. The van der Waals surface area contributed by atoms with Gasteiger partial charge in [-0.2, -0.15) is 4.31 Å². The third-order valence-corrected chi connectivity index (χ3v) is 7.54. The van der Waals surface area contributed by atoms with E-state index in [1.165, 1.54) is 12.1 Å². The molecule has 1 amide bonds. The first-order chi connectivity index (χ1) is 15.8. The van der Waals surface area contributed by atoms with Gasteiger partial charge in [0.25, 0.3) is 5.91 Å². The van der Waals surface area contributed by atoms with Crippen LogP contribution in [-0.2, 0) is 10.0 Å². The molecule has 2 atom stereocenters. The molecule has 0 bridgehead atoms. The minimum atomic E-state index is -3.59. The van der Waals surface area contributed by atoms with Crippen molar-refractivity contribution in [2.45, 2.75) is 25.2 Å². The summed E-state index contributed by atoms with van der Waals surface area (Å²) in [6.07, 6.45) is 1.03. The highest BCUT2D eigenvalue weighted by Crippen LogP contribution is 2.30. The van der Waals surface area contributed by atoms with Crippen molar-refractivity contribution in [3.05, 3.63) is 84.4 Å². The molecule has 33 heavy (non-hydrogen) atoms. The molecule has 1 saturated heterocycles. The van der Waals surface area contributed by atoms with E-state index in [-0.39, 0.29) is 10.8 Å². The quantitative estimate of drug-likeness (QED) is 0.530. The fraction of sp³-hybridized carbons (Fsp3) is 0.269. The Morgan fingerprint density at radius 3 is 2.15 bits per heavy atom. The lowest BCUT2D eigenvalue weighted by Crippen LogP contribution is -2.42. The van der Waals surface area contributed by atoms with Gasteiger partial charge in [-0.15, -0.1) is 0 Å². The smallest absolute Gasteiger partial charge is 0.255 e. The number of carbonyl (C=O) groups excluding carboxylic acids is 1. The number of rotatable bonds is 6. The van der Waals surface area contributed by atoms with Gasteiger partial charge in [-0.25, -0.2) is 8.42 Å². The van der Waals surface area contributed by atoms with Gasteiger partial charge in [0.2, 0.25) is 10.0 Å². The van der Waals surface area contributed by atoms with Crippen LogP contribution in [0.5, 0.6) is 11.5 Å². The molecule has 1 aliphatic rings. The van der Waals surface area contributed by atoms with Crippen molar-refractivity contribution in [2.24, 2.45) is 11.8 Å². The Morgan fingerprint density at radius 2 is 1.48 bits per heavy atom. The number of hydrogen-bond donors (Lipinski definition) is 1. The summed E-state index contributed by atoms with van der Waals surface area (Å²) in [6, 6.07) is 22.6. The summed E-state index contributed by atoms with van der Waals surface area (Å²) in [5, 5.41) is 2.86. The van der Waals surface area contributed by atoms with Gasteiger partial charge in [-0.05, 0) is 66.8 Å². The lowest BCUT2D eigenvalue weighted by atomic mass is 9.94. The van der Waals surface area contributed by atoms with Gasteiger partial charge in [0.05, 0.1) is 10.6 Å². The predicted molar refractivity (Wildman–Crippen MR) is 129 cm³/mol. The molecule has 0 radical (unpaired) electrons. The number of sulfonamides is 1. The van der Waals surface area contributed by atoms with Gasteiger partial charge in [0, 0.05) is 18.7 Å². The molecular weight excluding hydrogens is 436 g/mol. The van der Waals surface area contributed by atoms with E-state index in [1.807, 2.05) is 42.5 Å². The number of nitrogens with one attached hydrogen (secondary N) is 1. The highest BCUT2D eigenvalue weighted by atomic mass is 32.2. The lowest BCUT2D eigenvalue weighted by molar-refractivity contribution is 0.102. The van der Waals surface area contributed by atoms with Crippen molar-refractivity contribution in [3.8, 4) is 11.5 Å². The van der Waals surface area contributed by atoms with E-state index in [9.17, 15) is 13.2 Å². The monoisotopic (exact) mass is 464 g/mol. The first-order valence-electron chi connectivity index (χ1n) is 11.1. The molecule has 3 aromatic carbocycles. The molecule has 3 aromatic rings. The maximum absolute atomic E-state index is 13.1. The number of amides is 1. The average molecular weight is 465 g/mol. The predicted octanol–water partition coefficient (Wildman–Crippen LogP) is 5.40. The van der Waals surface area contributed by atoms with Crippen molar-refractivity contribution < 1.29 is 17.9 Å². The van der Waals surface area contributed by atoms with Crippen molar-refractivity contribution in [3.63, 3.8) is 0 Å². The molecule has 6 nitrogen and oxygen atoms in total. The molecule has 1 heterocycles. The van der Waals surface area contributed by atoms with E-state index >= 15 is 0 Å². The zero-order valence-corrected chi connectivity index (χ0v) is 19.6. The highest BCUT2D eigenvalue weighted by Gasteiger charge is 2.31. The Balaban J connectivity index is 1.48. The van der Waals surface area contributed by atoms with Crippen molar-refractivity contribution >= 4 is 21.6 Å². The van der Waals surface area contributed by atoms with Gasteiger partial charge in [0.15, 0.2) is 5.75 Å². The van der Waals surface area contributed by atoms with Crippen molar-refractivity contribution in [2.75, 3.05) is 18.4 Å². The summed E-state index contributed by atoms with van der Waals surface area (Å²) in [4.78, 5) is 13.0. The van der Waals surface area contributed by atoms with E-state index in [2.05, 4.69) is 19.2 Å². The molecular formula is C26H28N2O4S. The molecule has 0 aliphatic carbocycles. The minimum Gasteiger partial charge on any atom is -0.455 e. The molecule has 0 saturated carbocycles. The SMILES string of the molecule is C[C@H]1C[C@H](C)CN(S(=O)(=O)c2ccc(C(=O)Nc3ccccc3Oc3ccccc3)cc2)C1. The van der Waals surface area contributed by atoms with Crippen LogP contribution in [0.15, 0.2) is 83.8 Å². The van der Waals surface area contributed by atoms with Crippen molar-refractivity contribution in [1.82, 2.24) is 4.31 Å². The van der Waals surface area contributed by atoms with E-state index in [4.69, 9.17) is 4.74 Å². The summed E-state index contributed by atoms with van der Waals surface area (Å²) in [5.74, 6) is 1.49. The van der Waals surface area contributed by atoms with Crippen LogP contribution in [0, 0.1) is 11.8 Å². The number of anilines is 1. The number of benzene rings is 3. The second-order valence-electron chi connectivity index (χ2n) is 8.66. The van der Waals surface area contributed by atoms with Crippen LogP contribution in [0.1, 0.15) is 30.6 Å². The highest BCUT2D eigenvalue weighted by molar-refractivity contribution is 7.89. The third kappa shape index (κ3) is 5.43. The van der Waals surface area contributed by atoms with Crippen LogP contribution in [0.2, 0.25) is 0 Å². The van der Waals surface area contributed by atoms with Gasteiger partial charge >= 0.3 is 0 Å². The van der Waals surface area contributed by atoms with Crippen LogP contribution in [0.4, 0.5) is 5.69 Å². The number of carbonyl (C=O) groups is 1. The summed E-state index contributed by atoms with van der Waals surface area (Å²) in [7, 11) is -3.59. The summed E-state index contributed by atoms with van der Waals surface area (Å²) in [5.41, 5.74) is 0.892. The Morgan fingerprint density at radius 1 is 0.879 bits per heavy atom. The first kappa shape index (κ1) is 23.0. The van der Waals surface area contributed by atoms with E-state index < -0.39 is 10.0 Å². The lowest BCUT2D eigenvalue weighted by Gasteiger charge is -2.34. The van der Waals surface area contributed by atoms with Gasteiger partial charge < -0.3 is 10.1 Å². The fourth-order valence-corrected chi connectivity index (χ4v) is 5.88. The molecule has 7 heteroatoms. The Kier molecular flexibility index (Phi) is 6.81. The molecule has 1 N–H and O–H groups in total. The van der Waals surface area contributed by atoms with Crippen LogP contribution in [-0.4, -0.2) is 31.7 Å². The van der Waals surface area contributed by atoms with Crippen LogP contribution in [0.25, 0.3) is 0 Å². The maximum Gasteiger partial charge on any atom is 0.255 e. The molecule has 1 fully saturated rings. The number of piperidine rings is 1. The third-order valence-electron chi connectivity index (χ3n) is 5.70. The fourth-order valence-electron chi connectivity index (χ4n) is 4.20. The molecule has 172 valence electrons. The minimum absolute atomic E-state index is 0.202. The zero-order chi connectivity index (χ0) is 23.4. The molecule has 0 spiro atoms. The first-order valence-corrected chi connectivity index (χ1v) is 12.5. The van der Waals surface area contributed by atoms with Crippen LogP contribution < -0.4 is 10.1 Å². The average Bonchev–Trinajstić information content (AvgIpc) is 2.80. The van der Waals surface area contributed by atoms with Gasteiger partial charge in [0.1, 0.15) is 5.75 Å². The molecule has 1 aliphatic heterocycles. The summed E-state index contributed by atoms with van der Waals surface area (Å²) < 4.78 is 33.6. The normalized spacial score (nSPS) is 19.1. The number of nitrogens with zero attached hydrogens (tertiary/aromatic N) is 1. The summed E-state index contributed by atoms with van der Waals surface area (Å²) in [6.45, 7) is 5.19.